The third kappa shape index (κ3) is 3.49. The smallest absolute Gasteiger partial charge is 0.150 e. The van der Waals surface area contributed by atoms with Crippen LogP contribution in [0.1, 0.15) is 31.4 Å². The number of nitrogen functional groups attached to an aromatic ring is 1. The average molecular weight is 247 g/mol. The zero-order valence-electron chi connectivity index (χ0n) is 9.18. The van der Waals surface area contributed by atoms with E-state index in [0.29, 0.717) is 24.2 Å². The number of rotatable bonds is 6. The largest absolute Gasteiger partial charge is 0.388 e. The third-order valence-electron chi connectivity index (χ3n) is 2.43. The van der Waals surface area contributed by atoms with Crippen LogP contribution in [0.15, 0.2) is 6.20 Å². The first-order valence-corrected chi connectivity index (χ1v) is 6.95. The normalized spacial score (nSPS) is 13.9. The number of nitrogens with one attached hydrogen (secondary N) is 1. The molecular formula is C9H17N3O3S. The Morgan fingerprint density at radius 2 is 2.31 bits per heavy atom. The zero-order chi connectivity index (χ0) is 12.2. The molecule has 1 aromatic heterocycles. The summed E-state index contributed by atoms with van der Waals surface area (Å²) in [6.45, 7) is 1.61. The van der Waals surface area contributed by atoms with Gasteiger partial charge in [-0.3, -0.25) is 5.10 Å². The number of aromatic nitrogens is 2. The molecule has 16 heavy (non-hydrogen) atoms. The number of nitrogens with zero attached hydrogens (tertiary/aromatic N) is 1. The van der Waals surface area contributed by atoms with Crippen LogP contribution in [-0.4, -0.2) is 35.2 Å². The summed E-state index contributed by atoms with van der Waals surface area (Å²) in [7, 11) is -2.96. The molecule has 0 aliphatic rings. The molecule has 92 valence electrons. The van der Waals surface area contributed by atoms with Gasteiger partial charge in [0.25, 0.3) is 0 Å². The van der Waals surface area contributed by atoms with Crippen LogP contribution in [0.4, 0.5) is 5.82 Å². The first-order chi connectivity index (χ1) is 7.46. The highest BCUT2D eigenvalue weighted by molar-refractivity contribution is 7.91. The lowest BCUT2D eigenvalue weighted by molar-refractivity contribution is 0.167. The third-order valence-corrected chi connectivity index (χ3v) is 4.22. The van der Waals surface area contributed by atoms with Gasteiger partial charge in [-0.1, -0.05) is 6.92 Å². The van der Waals surface area contributed by atoms with Crippen LogP contribution in [0.3, 0.4) is 0 Å². The van der Waals surface area contributed by atoms with Gasteiger partial charge in [0, 0.05) is 11.3 Å². The number of H-pyrrole nitrogens is 1. The number of hydrogen-bond acceptors (Lipinski definition) is 5. The fraction of sp³-hybridized carbons (Fsp3) is 0.667. The van der Waals surface area contributed by atoms with Gasteiger partial charge in [-0.05, 0) is 12.8 Å². The number of aliphatic hydroxyl groups excluding tert-OH is 1. The van der Waals surface area contributed by atoms with Crippen molar-refractivity contribution in [2.45, 2.75) is 25.9 Å². The quantitative estimate of drug-likeness (QED) is 0.667. The van der Waals surface area contributed by atoms with Crippen molar-refractivity contribution in [1.29, 1.82) is 0 Å². The van der Waals surface area contributed by atoms with Crippen molar-refractivity contribution in [3.63, 3.8) is 0 Å². The molecule has 0 fully saturated rings. The second-order valence-electron chi connectivity index (χ2n) is 3.63. The second kappa shape index (κ2) is 5.31. The molecule has 0 aliphatic carbocycles. The van der Waals surface area contributed by atoms with Gasteiger partial charge in [0.1, 0.15) is 15.7 Å². The molecule has 1 rings (SSSR count). The number of sulfone groups is 1. The number of aromatic amines is 1. The Labute approximate surface area is 94.8 Å². The lowest BCUT2D eigenvalue weighted by Gasteiger charge is -2.08. The van der Waals surface area contributed by atoms with Crippen molar-refractivity contribution >= 4 is 15.7 Å². The minimum absolute atomic E-state index is 0.0956. The first kappa shape index (κ1) is 13.0. The molecule has 6 nitrogen and oxygen atoms in total. The van der Waals surface area contributed by atoms with Crippen LogP contribution < -0.4 is 5.73 Å². The Hall–Kier alpha value is -1.08. The van der Waals surface area contributed by atoms with E-state index >= 15 is 0 Å². The molecule has 0 aliphatic heterocycles. The van der Waals surface area contributed by atoms with E-state index in [-0.39, 0.29) is 11.5 Å². The van der Waals surface area contributed by atoms with E-state index in [4.69, 9.17) is 5.73 Å². The van der Waals surface area contributed by atoms with Crippen LogP contribution >= 0.6 is 0 Å². The number of hydrogen-bond donors (Lipinski definition) is 3. The van der Waals surface area contributed by atoms with Gasteiger partial charge in [-0.25, -0.2) is 8.42 Å². The van der Waals surface area contributed by atoms with Gasteiger partial charge >= 0.3 is 0 Å². The molecule has 0 saturated carbocycles. The van der Waals surface area contributed by atoms with Crippen molar-refractivity contribution in [1.82, 2.24) is 10.2 Å². The molecule has 0 bridgehead atoms. The summed E-state index contributed by atoms with van der Waals surface area (Å²) in [4.78, 5) is 0. The summed E-state index contributed by atoms with van der Waals surface area (Å²) in [5.41, 5.74) is 6.05. The van der Waals surface area contributed by atoms with Crippen LogP contribution in [0.25, 0.3) is 0 Å². The molecule has 1 aromatic rings. The maximum atomic E-state index is 11.2. The highest BCUT2D eigenvalue weighted by Crippen LogP contribution is 2.21. The predicted octanol–water partition coefficient (Wildman–Crippen LogP) is 0.240. The van der Waals surface area contributed by atoms with Gasteiger partial charge in [-0.2, -0.15) is 5.10 Å². The van der Waals surface area contributed by atoms with Gasteiger partial charge in [-0.15, -0.1) is 0 Å². The van der Waals surface area contributed by atoms with E-state index in [1.807, 2.05) is 0 Å². The van der Waals surface area contributed by atoms with E-state index < -0.39 is 15.9 Å². The molecule has 0 spiro atoms. The van der Waals surface area contributed by atoms with Gasteiger partial charge in [0.05, 0.1) is 18.1 Å². The van der Waals surface area contributed by atoms with Crippen molar-refractivity contribution in [3.05, 3.63) is 11.8 Å². The van der Waals surface area contributed by atoms with E-state index in [1.54, 1.807) is 6.92 Å². The fourth-order valence-electron chi connectivity index (χ4n) is 1.37. The molecule has 0 aromatic carbocycles. The van der Waals surface area contributed by atoms with E-state index in [1.165, 1.54) is 6.20 Å². The Morgan fingerprint density at radius 3 is 2.81 bits per heavy atom. The summed E-state index contributed by atoms with van der Waals surface area (Å²) in [5, 5.41) is 15.9. The van der Waals surface area contributed by atoms with Gasteiger partial charge in [0.2, 0.25) is 0 Å². The van der Waals surface area contributed by atoms with Crippen molar-refractivity contribution < 1.29 is 13.5 Å². The van der Waals surface area contributed by atoms with Crippen molar-refractivity contribution in [2.24, 2.45) is 0 Å². The predicted molar refractivity (Wildman–Crippen MR) is 61.5 cm³/mol. The molecule has 1 unspecified atom stereocenters. The Bertz CT molecular complexity index is 427. The van der Waals surface area contributed by atoms with Crippen LogP contribution in [-0.2, 0) is 9.84 Å². The lowest BCUT2D eigenvalue weighted by atomic mass is 10.1. The lowest BCUT2D eigenvalue weighted by Crippen LogP contribution is -2.10. The summed E-state index contributed by atoms with van der Waals surface area (Å²) in [6, 6.07) is 0. The minimum atomic E-state index is -2.96. The van der Waals surface area contributed by atoms with Crippen LogP contribution in [0.2, 0.25) is 0 Å². The maximum Gasteiger partial charge on any atom is 0.150 e. The molecule has 0 saturated heterocycles. The number of aliphatic hydroxyl groups is 1. The fourth-order valence-corrected chi connectivity index (χ4v) is 2.26. The van der Waals surface area contributed by atoms with E-state index in [9.17, 15) is 13.5 Å². The molecule has 1 heterocycles. The minimum Gasteiger partial charge on any atom is -0.388 e. The standard InChI is InChI=1S/C9H17N3O3S/c1-2-16(14,15)5-3-4-8(13)7-6-11-12-9(7)10/h6,8,13H,2-5H2,1H3,(H3,10,11,12). The Kier molecular flexibility index (Phi) is 4.31. The van der Waals surface area contributed by atoms with Gasteiger partial charge in [0.15, 0.2) is 0 Å². The molecule has 0 amide bonds. The Morgan fingerprint density at radius 1 is 1.62 bits per heavy atom. The Balaban J connectivity index is 2.43. The topological polar surface area (TPSA) is 109 Å². The zero-order valence-corrected chi connectivity index (χ0v) is 10.00. The van der Waals surface area contributed by atoms with Crippen molar-refractivity contribution in [3.8, 4) is 0 Å². The van der Waals surface area contributed by atoms with Crippen LogP contribution in [0.5, 0.6) is 0 Å². The number of nitrogens with two attached hydrogens (primary N) is 1. The molecule has 4 N–H and O–H groups in total. The van der Waals surface area contributed by atoms with E-state index in [2.05, 4.69) is 10.2 Å². The van der Waals surface area contributed by atoms with E-state index in [0.717, 1.165) is 0 Å². The molecular weight excluding hydrogens is 230 g/mol. The van der Waals surface area contributed by atoms with Crippen molar-refractivity contribution in [2.75, 3.05) is 17.2 Å². The maximum absolute atomic E-state index is 11.2. The average Bonchev–Trinajstić information content (AvgIpc) is 2.64. The molecule has 0 radical (unpaired) electrons. The highest BCUT2D eigenvalue weighted by atomic mass is 32.2. The van der Waals surface area contributed by atoms with Gasteiger partial charge < -0.3 is 10.8 Å². The molecule has 1 atom stereocenters. The summed E-state index contributed by atoms with van der Waals surface area (Å²) in [5.74, 6) is 0.556. The highest BCUT2D eigenvalue weighted by Gasteiger charge is 2.14. The summed E-state index contributed by atoms with van der Waals surface area (Å²) < 4.78 is 22.4. The number of anilines is 1. The molecule has 7 heteroatoms. The van der Waals surface area contributed by atoms with Crippen LogP contribution in [0, 0.1) is 0 Å². The first-order valence-electron chi connectivity index (χ1n) is 5.13. The summed E-state index contributed by atoms with van der Waals surface area (Å²) in [6.07, 6.45) is 1.48. The monoisotopic (exact) mass is 247 g/mol. The summed E-state index contributed by atoms with van der Waals surface area (Å²) >= 11 is 0. The second-order valence-corrected chi connectivity index (χ2v) is 6.11. The SMILES string of the molecule is CCS(=O)(=O)CCCC(O)c1cn[nH]c1N.